The Bertz CT molecular complexity index is 316. The summed E-state index contributed by atoms with van der Waals surface area (Å²) in [5, 5.41) is 0. The molecule has 2 heterocycles. The smallest absolute Gasteiger partial charge is 0.239 e. The zero-order valence-corrected chi connectivity index (χ0v) is 13.2. The van der Waals surface area contributed by atoms with Crippen LogP contribution in [0.2, 0.25) is 0 Å². The van der Waals surface area contributed by atoms with Gasteiger partial charge in [-0.2, -0.15) is 0 Å². The van der Waals surface area contributed by atoms with Gasteiger partial charge >= 0.3 is 0 Å². The van der Waals surface area contributed by atoms with Gasteiger partial charge in [0.05, 0.1) is 6.04 Å². The van der Waals surface area contributed by atoms with Gasteiger partial charge in [-0.3, -0.25) is 9.69 Å². The van der Waals surface area contributed by atoms with Crippen LogP contribution in [0.4, 0.5) is 0 Å². The molecule has 4 nitrogen and oxygen atoms in total. The molecular formula is C16H31N3O. The van der Waals surface area contributed by atoms with Crippen molar-refractivity contribution in [1.29, 1.82) is 0 Å². The summed E-state index contributed by atoms with van der Waals surface area (Å²) in [5.74, 6) is 0.336. The van der Waals surface area contributed by atoms with Crippen LogP contribution >= 0.6 is 0 Å². The first-order valence-electron chi connectivity index (χ1n) is 8.29. The average molecular weight is 281 g/mol. The number of rotatable bonds is 3. The molecule has 0 saturated carbocycles. The van der Waals surface area contributed by atoms with E-state index in [1.54, 1.807) is 0 Å². The summed E-state index contributed by atoms with van der Waals surface area (Å²) >= 11 is 0. The number of carbonyl (C=O) groups excluding carboxylic acids is 1. The molecule has 116 valence electrons. The molecule has 2 aliphatic rings. The highest BCUT2D eigenvalue weighted by Gasteiger charge is 2.33. The minimum absolute atomic E-state index is 0.0374. The number of piperidine rings is 1. The number of hydrogen-bond donors (Lipinski definition) is 1. The second-order valence-corrected chi connectivity index (χ2v) is 6.97. The molecule has 0 aromatic rings. The average Bonchev–Trinajstić information content (AvgIpc) is 2.75. The van der Waals surface area contributed by atoms with E-state index in [1.165, 1.54) is 25.7 Å². The summed E-state index contributed by atoms with van der Waals surface area (Å²) in [7, 11) is 0. The summed E-state index contributed by atoms with van der Waals surface area (Å²) in [5.41, 5.74) is 6.14. The molecule has 0 aromatic carbocycles. The largest absolute Gasteiger partial charge is 0.341 e. The van der Waals surface area contributed by atoms with Gasteiger partial charge in [0.15, 0.2) is 0 Å². The van der Waals surface area contributed by atoms with E-state index < -0.39 is 0 Å². The van der Waals surface area contributed by atoms with Gasteiger partial charge in [0.2, 0.25) is 5.91 Å². The molecule has 1 atom stereocenters. The fraction of sp³-hybridized carbons (Fsp3) is 0.938. The Balaban J connectivity index is 1.87. The lowest BCUT2D eigenvalue weighted by Crippen LogP contribution is -2.52. The third-order valence-electron chi connectivity index (χ3n) is 5.32. The van der Waals surface area contributed by atoms with Crippen molar-refractivity contribution in [2.24, 2.45) is 11.1 Å². The van der Waals surface area contributed by atoms with Crippen LogP contribution in [0.3, 0.4) is 0 Å². The van der Waals surface area contributed by atoms with Crippen LogP contribution in [-0.2, 0) is 4.79 Å². The van der Waals surface area contributed by atoms with Crippen molar-refractivity contribution in [2.45, 2.75) is 58.4 Å². The standard InChI is InChI=1S/C16H31N3O/c1-14(15(20)19-9-5-3-4-6-10-19)18-11-7-16(2,13-17)8-12-18/h14H,3-13,17H2,1-2H3. The minimum Gasteiger partial charge on any atom is -0.341 e. The topological polar surface area (TPSA) is 49.6 Å². The van der Waals surface area contributed by atoms with E-state index in [1.807, 2.05) is 0 Å². The maximum absolute atomic E-state index is 12.6. The quantitative estimate of drug-likeness (QED) is 0.859. The Morgan fingerprint density at radius 1 is 1.10 bits per heavy atom. The second kappa shape index (κ2) is 6.90. The maximum atomic E-state index is 12.6. The molecule has 2 aliphatic heterocycles. The molecule has 1 amide bonds. The number of likely N-dealkylation sites (tertiary alicyclic amines) is 2. The predicted octanol–water partition coefficient (Wildman–Crippen LogP) is 1.84. The molecule has 2 fully saturated rings. The van der Waals surface area contributed by atoms with Crippen molar-refractivity contribution in [3.63, 3.8) is 0 Å². The van der Waals surface area contributed by atoms with Gasteiger partial charge in [-0.1, -0.05) is 19.8 Å². The van der Waals surface area contributed by atoms with E-state index in [2.05, 4.69) is 23.6 Å². The normalized spacial score (nSPS) is 26.1. The van der Waals surface area contributed by atoms with Crippen LogP contribution in [0.15, 0.2) is 0 Å². The molecule has 4 heteroatoms. The highest BCUT2D eigenvalue weighted by Crippen LogP contribution is 2.30. The Labute approximate surface area is 123 Å². The van der Waals surface area contributed by atoms with E-state index >= 15 is 0 Å². The first-order valence-corrected chi connectivity index (χ1v) is 8.29. The van der Waals surface area contributed by atoms with Crippen LogP contribution in [0, 0.1) is 5.41 Å². The number of amides is 1. The van der Waals surface area contributed by atoms with Gasteiger partial charge < -0.3 is 10.6 Å². The third kappa shape index (κ3) is 3.73. The van der Waals surface area contributed by atoms with Gasteiger partial charge in [-0.15, -0.1) is 0 Å². The molecule has 1 unspecified atom stereocenters. The summed E-state index contributed by atoms with van der Waals surface area (Å²) in [6.07, 6.45) is 7.11. The number of hydrogen-bond acceptors (Lipinski definition) is 3. The molecule has 0 aromatic heterocycles. The van der Waals surface area contributed by atoms with Crippen LogP contribution in [0.25, 0.3) is 0 Å². The summed E-state index contributed by atoms with van der Waals surface area (Å²) in [4.78, 5) is 17.1. The van der Waals surface area contributed by atoms with Crippen molar-refractivity contribution in [3.05, 3.63) is 0 Å². The summed E-state index contributed by atoms with van der Waals surface area (Å²) < 4.78 is 0. The van der Waals surface area contributed by atoms with E-state index in [4.69, 9.17) is 5.73 Å². The third-order valence-corrected chi connectivity index (χ3v) is 5.32. The van der Waals surface area contributed by atoms with Crippen molar-refractivity contribution < 1.29 is 4.79 Å². The Hall–Kier alpha value is -0.610. The Morgan fingerprint density at radius 3 is 2.15 bits per heavy atom. The first-order chi connectivity index (χ1) is 9.56. The Morgan fingerprint density at radius 2 is 1.65 bits per heavy atom. The van der Waals surface area contributed by atoms with Gasteiger partial charge in [-0.05, 0) is 57.7 Å². The molecule has 0 radical (unpaired) electrons. The highest BCUT2D eigenvalue weighted by molar-refractivity contribution is 5.81. The van der Waals surface area contributed by atoms with Crippen LogP contribution < -0.4 is 5.73 Å². The molecule has 0 aliphatic carbocycles. The van der Waals surface area contributed by atoms with Crippen molar-refractivity contribution in [3.8, 4) is 0 Å². The van der Waals surface area contributed by atoms with Crippen molar-refractivity contribution in [1.82, 2.24) is 9.80 Å². The SMILES string of the molecule is CC(C(=O)N1CCCCCC1)N1CCC(C)(CN)CC1. The van der Waals surface area contributed by atoms with Crippen molar-refractivity contribution in [2.75, 3.05) is 32.7 Å². The van der Waals surface area contributed by atoms with Crippen LogP contribution in [-0.4, -0.2) is 54.5 Å². The Kier molecular flexibility index (Phi) is 5.44. The lowest BCUT2D eigenvalue weighted by Gasteiger charge is -2.41. The fourth-order valence-electron chi connectivity index (χ4n) is 3.37. The molecular weight excluding hydrogens is 250 g/mol. The zero-order valence-electron chi connectivity index (χ0n) is 13.2. The van der Waals surface area contributed by atoms with Gasteiger partial charge in [0.1, 0.15) is 0 Å². The van der Waals surface area contributed by atoms with Crippen LogP contribution in [0.5, 0.6) is 0 Å². The van der Waals surface area contributed by atoms with E-state index in [9.17, 15) is 4.79 Å². The van der Waals surface area contributed by atoms with E-state index in [0.29, 0.717) is 5.91 Å². The number of carbonyl (C=O) groups is 1. The molecule has 2 N–H and O–H groups in total. The predicted molar refractivity (Wildman–Crippen MR) is 82.5 cm³/mol. The first kappa shape index (κ1) is 15.8. The van der Waals surface area contributed by atoms with E-state index in [0.717, 1.165) is 45.6 Å². The highest BCUT2D eigenvalue weighted by atomic mass is 16.2. The summed E-state index contributed by atoms with van der Waals surface area (Å²) in [6.45, 7) is 9.04. The monoisotopic (exact) mass is 281 g/mol. The fourth-order valence-corrected chi connectivity index (χ4v) is 3.37. The lowest BCUT2D eigenvalue weighted by atomic mass is 9.80. The zero-order chi connectivity index (χ0) is 14.6. The molecule has 2 rings (SSSR count). The maximum Gasteiger partial charge on any atom is 0.239 e. The molecule has 2 saturated heterocycles. The van der Waals surface area contributed by atoms with Crippen LogP contribution in [0.1, 0.15) is 52.4 Å². The number of nitrogens with zero attached hydrogens (tertiary/aromatic N) is 2. The second-order valence-electron chi connectivity index (χ2n) is 6.97. The van der Waals surface area contributed by atoms with Gasteiger partial charge in [0.25, 0.3) is 0 Å². The van der Waals surface area contributed by atoms with E-state index in [-0.39, 0.29) is 11.5 Å². The van der Waals surface area contributed by atoms with Gasteiger partial charge in [0, 0.05) is 13.1 Å². The number of nitrogens with two attached hydrogens (primary N) is 1. The molecule has 20 heavy (non-hydrogen) atoms. The molecule has 0 spiro atoms. The van der Waals surface area contributed by atoms with Crippen molar-refractivity contribution >= 4 is 5.91 Å². The lowest BCUT2D eigenvalue weighted by molar-refractivity contribution is -0.137. The molecule has 0 bridgehead atoms. The summed E-state index contributed by atoms with van der Waals surface area (Å²) in [6, 6.07) is 0.0374. The van der Waals surface area contributed by atoms with Gasteiger partial charge in [-0.25, -0.2) is 0 Å². The minimum atomic E-state index is 0.0374.